The summed E-state index contributed by atoms with van der Waals surface area (Å²) in [4.78, 5) is 29.4. The third kappa shape index (κ3) is 7.23. The van der Waals surface area contributed by atoms with Crippen molar-refractivity contribution in [3.8, 4) is 5.75 Å². The Morgan fingerprint density at radius 2 is 1.97 bits per heavy atom. The lowest BCUT2D eigenvalue weighted by Crippen LogP contribution is -2.52. The summed E-state index contributed by atoms with van der Waals surface area (Å²) in [7, 11) is -1.81. The van der Waals surface area contributed by atoms with Gasteiger partial charge in [-0.2, -0.15) is 0 Å². The van der Waals surface area contributed by atoms with E-state index in [2.05, 4.69) is 10.0 Å². The number of carbonyl (C=O) groups is 2. The number of likely N-dealkylation sites (N-methyl/N-ethyl adjacent to an activating group) is 1. The predicted octanol–water partition coefficient (Wildman–Crippen LogP) is 2.25. The van der Waals surface area contributed by atoms with Crippen LogP contribution in [0.25, 0.3) is 0 Å². The van der Waals surface area contributed by atoms with Crippen molar-refractivity contribution in [1.29, 1.82) is 0 Å². The summed E-state index contributed by atoms with van der Waals surface area (Å²) in [6.45, 7) is 4.10. The Kier molecular flexibility index (Phi) is 8.87. The van der Waals surface area contributed by atoms with Crippen molar-refractivity contribution >= 4 is 27.6 Å². The van der Waals surface area contributed by atoms with Crippen molar-refractivity contribution < 1.29 is 27.9 Å². The maximum absolute atomic E-state index is 13.4. The molecule has 1 saturated carbocycles. The summed E-state index contributed by atoms with van der Waals surface area (Å²) in [6, 6.07) is 4.14. The number of hydrogen-bond donors (Lipinski definition) is 3. The first-order valence-corrected chi connectivity index (χ1v) is 14.1. The van der Waals surface area contributed by atoms with E-state index in [-0.39, 0.29) is 41.8 Å². The largest absolute Gasteiger partial charge is 0.487 e. The number of anilines is 1. The van der Waals surface area contributed by atoms with E-state index in [0.29, 0.717) is 18.8 Å². The molecule has 0 radical (unpaired) electrons. The number of rotatable bonds is 7. The summed E-state index contributed by atoms with van der Waals surface area (Å²) in [5, 5.41) is 12.9. The Hall–Kier alpha value is -2.53. The minimum Gasteiger partial charge on any atom is -0.487 e. The number of hydrogen-bond acceptors (Lipinski definition) is 6. The lowest BCUT2D eigenvalue weighted by molar-refractivity contribution is 0.0366. The van der Waals surface area contributed by atoms with Gasteiger partial charge < -0.3 is 25.0 Å². The second kappa shape index (κ2) is 11.5. The Morgan fingerprint density at radius 1 is 1.29 bits per heavy atom. The summed E-state index contributed by atoms with van der Waals surface area (Å²) in [6.07, 6.45) is 6.04. The maximum atomic E-state index is 13.4. The molecule has 1 fully saturated rings. The smallest absolute Gasteiger partial charge is 0.317 e. The van der Waals surface area contributed by atoms with Crippen molar-refractivity contribution in [1.82, 2.24) is 15.1 Å². The average Bonchev–Trinajstić information content (AvgIpc) is 2.80. The molecule has 10 nitrogen and oxygen atoms in total. The van der Waals surface area contributed by atoms with Gasteiger partial charge in [0.1, 0.15) is 11.9 Å². The van der Waals surface area contributed by atoms with Gasteiger partial charge in [-0.05, 0) is 38.0 Å². The molecule has 3 N–H and O–H groups in total. The molecule has 196 valence electrons. The molecule has 3 atom stereocenters. The van der Waals surface area contributed by atoms with Gasteiger partial charge in [-0.25, -0.2) is 13.2 Å². The van der Waals surface area contributed by atoms with Crippen LogP contribution in [0.4, 0.5) is 10.5 Å². The van der Waals surface area contributed by atoms with Crippen molar-refractivity contribution in [2.45, 2.75) is 64.1 Å². The zero-order valence-corrected chi connectivity index (χ0v) is 21.8. The Balaban J connectivity index is 1.85. The highest BCUT2D eigenvalue weighted by molar-refractivity contribution is 7.92. The Labute approximate surface area is 208 Å². The molecule has 35 heavy (non-hydrogen) atoms. The first kappa shape index (κ1) is 27.1. The zero-order chi connectivity index (χ0) is 25.8. The normalized spacial score (nSPS) is 22.3. The molecule has 3 rings (SSSR count). The van der Waals surface area contributed by atoms with Crippen LogP contribution in [0.5, 0.6) is 5.75 Å². The molecule has 1 aromatic rings. The molecule has 0 unspecified atom stereocenters. The van der Waals surface area contributed by atoms with Crippen LogP contribution in [-0.2, 0) is 10.0 Å². The van der Waals surface area contributed by atoms with Crippen LogP contribution in [0.3, 0.4) is 0 Å². The number of urea groups is 1. The van der Waals surface area contributed by atoms with E-state index in [9.17, 15) is 23.1 Å². The molecule has 1 heterocycles. The Morgan fingerprint density at radius 3 is 2.60 bits per heavy atom. The van der Waals surface area contributed by atoms with Crippen LogP contribution in [0.2, 0.25) is 0 Å². The van der Waals surface area contributed by atoms with E-state index in [4.69, 9.17) is 4.74 Å². The lowest BCUT2D eigenvalue weighted by atomic mass is 9.96. The number of amides is 3. The molecule has 1 aliphatic carbocycles. The van der Waals surface area contributed by atoms with Crippen molar-refractivity contribution in [3.05, 3.63) is 23.8 Å². The van der Waals surface area contributed by atoms with Crippen LogP contribution in [0.15, 0.2) is 18.2 Å². The van der Waals surface area contributed by atoms with Gasteiger partial charge in [0, 0.05) is 31.2 Å². The number of carbonyl (C=O) groups excluding carboxylic acids is 2. The number of benzene rings is 1. The standard InChI is InChI=1S/C24H38N4O6S/c1-16-13-28(17(2)15-29)23(30)20-12-19(26-35(4,32)33)10-11-21(20)34-22(16)14-27(3)24(31)25-18-8-6-5-7-9-18/h10-12,16-18,22,26,29H,5-9,13-15H2,1-4H3,(H,25,31)/t16-,17-,22+/m0/s1. The molecule has 11 heteroatoms. The lowest BCUT2D eigenvalue weighted by Gasteiger charge is -2.38. The fourth-order valence-electron chi connectivity index (χ4n) is 4.60. The van der Waals surface area contributed by atoms with Gasteiger partial charge in [0.2, 0.25) is 10.0 Å². The quantitative estimate of drug-likeness (QED) is 0.516. The SMILES string of the molecule is C[C@H]1CN([C@@H](C)CO)C(=O)c2cc(NS(C)(=O)=O)ccc2O[C@@H]1CN(C)C(=O)NC1CCCCC1. The third-order valence-corrected chi connectivity index (χ3v) is 7.31. The van der Waals surface area contributed by atoms with Gasteiger partial charge in [-0.15, -0.1) is 0 Å². The highest BCUT2D eigenvalue weighted by atomic mass is 32.2. The van der Waals surface area contributed by atoms with Gasteiger partial charge in [-0.3, -0.25) is 9.52 Å². The average molecular weight is 511 g/mol. The molecule has 1 aliphatic heterocycles. The second-order valence-electron chi connectivity index (χ2n) is 9.87. The van der Waals surface area contributed by atoms with Crippen molar-refractivity contribution in [3.63, 3.8) is 0 Å². The minimum absolute atomic E-state index is 0.139. The molecule has 2 aliphatic rings. The van der Waals surface area contributed by atoms with Crippen LogP contribution >= 0.6 is 0 Å². The molecule has 3 amide bonds. The van der Waals surface area contributed by atoms with E-state index >= 15 is 0 Å². The van der Waals surface area contributed by atoms with Crippen LogP contribution < -0.4 is 14.8 Å². The van der Waals surface area contributed by atoms with Gasteiger partial charge >= 0.3 is 6.03 Å². The minimum atomic E-state index is -3.54. The van der Waals surface area contributed by atoms with Gasteiger partial charge in [0.15, 0.2) is 0 Å². The first-order chi connectivity index (χ1) is 16.5. The maximum Gasteiger partial charge on any atom is 0.317 e. The topological polar surface area (TPSA) is 128 Å². The van der Waals surface area contributed by atoms with Gasteiger partial charge in [0.25, 0.3) is 5.91 Å². The van der Waals surface area contributed by atoms with Crippen LogP contribution in [0.1, 0.15) is 56.3 Å². The molecular weight excluding hydrogens is 472 g/mol. The van der Waals surface area contributed by atoms with Crippen molar-refractivity contribution in [2.24, 2.45) is 5.92 Å². The highest BCUT2D eigenvalue weighted by Gasteiger charge is 2.34. The Bertz CT molecular complexity index is 1010. The molecule has 1 aromatic carbocycles. The van der Waals surface area contributed by atoms with Gasteiger partial charge in [-0.1, -0.05) is 26.2 Å². The van der Waals surface area contributed by atoms with Crippen molar-refractivity contribution in [2.75, 3.05) is 37.7 Å². The zero-order valence-electron chi connectivity index (χ0n) is 21.0. The van der Waals surface area contributed by atoms with E-state index in [0.717, 1.165) is 31.9 Å². The van der Waals surface area contributed by atoms with E-state index in [1.54, 1.807) is 29.8 Å². The highest BCUT2D eigenvalue weighted by Crippen LogP contribution is 2.31. The summed E-state index contributed by atoms with van der Waals surface area (Å²) < 4.78 is 32.1. The van der Waals surface area contributed by atoms with Crippen LogP contribution in [-0.4, -0.2) is 86.4 Å². The number of sulfonamides is 1. The summed E-state index contributed by atoms with van der Waals surface area (Å²) >= 11 is 0. The molecule has 0 spiro atoms. The number of aliphatic hydroxyl groups excluding tert-OH is 1. The fraction of sp³-hybridized carbons (Fsp3) is 0.667. The summed E-state index contributed by atoms with van der Waals surface area (Å²) in [5.41, 5.74) is 0.444. The fourth-order valence-corrected chi connectivity index (χ4v) is 5.16. The summed E-state index contributed by atoms with van der Waals surface area (Å²) in [5.74, 6) is -0.186. The van der Waals surface area contributed by atoms with Crippen LogP contribution in [0, 0.1) is 5.92 Å². The molecular formula is C24H38N4O6S. The predicted molar refractivity (Wildman–Crippen MR) is 134 cm³/mol. The van der Waals surface area contributed by atoms with Gasteiger partial charge in [0.05, 0.1) is 31.0 Å². The molecule has 0 aromatic heterocycles. The first-order valence-electron chi connectivity index (χ1n) is 12.2. The number of ether oxygens (including phenoxy) is 1. The monoisotopic (exact) mass is 510 g/mol. The number of nitrogens with zero attached hydrogens (tertiary/aromatic N) is 2. The number of fused-ring (bicyclic) bond motifs is 1. The third-order valence-electron chi connectivity index (χ3n) is 6.70. The number of aliphatic hydroxyl groups is 1. The van der Waals surface area contributed by atoms with E-state index in [1.165, 1.54) is 18.6 Å². The second-order valence-corrected chi connectivity index (χ2v) is 11.6. The molecule has 0 bridgehead atoms. The van der Waals surface area contributed by atoms with E-state index < -0.39 is 22.2 Å². The van der Waals surface area contributed by atoms with E-state index in [1.807, 2.05) is 6.92 Å². The molecule has 0 saturated heterocycles. The number of nitrogens with one attached hydrogen (secondary N) is 2.